The van der Waals surface area contributed by atoms with Gasteiger partial charge in [-0.1, -0.05) is 36.8 Å². The molecule has 2 aliphatic rings. The van der Waals surface area contributed by atoms with Crippen LogP contribution in [0.1, 0.15) is 30.7 Å². The molecule has 24 heavy (non-hydrogen) atoms. The number of carbonyl (C=O) groups is 1. The van der Waals surface area contributed by atoms with Crippen molar-refractivity contribution in [1.82, 2.24) is 10.3 Å². The van der Waals surface area contributed by atoms with E-state index < -0.39 is 0 Å². The Bertz CT molecular complexity index is 689. The molecular formula is C20H22N2O2. The highest BCUT2D eigenvalue weighted by Gasteiger charge is 2.53. The van der Waals surface area contributed by atoms with E-state index in [-0.39, 0.29) is 18.6 Å². The Morgan fingerprint density at radius 1 is 1.12 bits per heavy atom. The van der Waals surface area contributed by atoms with Crippen LogP contribution in [0.2, 0.25) is 0 Å². The Balaban J connectivity index is 1.40. The molecule has 4 atom stereocenters. The van der Waals surface area contributed by atoms with Gasteiger partial charge in [-0.3, -0.25) is 9.78 Å². The molecule has 1 heterocycles. The van der Waals surface area contributed by atoms with E-state index in [2.05, 4.69) is 34.6 Å². The van der Waals surface area contributed by atoms with Gasteiger partial charge in [-0.05, 0) is 42.4 Å². The summed E-state index contributed by atoms with van der Waals surface area (Å²) in [5, 5.41) is 3.22. The van der Waals surface area contributed by atoms with Crippen molar-refractivity contribution >= 4 is 5.91 Å². The summed E-state index contributed by atoms with van der Waals surface area (Å²) in [6, 6.07) is 14.4. The first kappa shape index (κ1) is 15.2. The minimum Gasteiger partial charge on any atom is -0.482 e. The van der Waals surface area contributed by atoms with Crippen LogP contribution in [0.5, 0.6) is 5.75 Å². The van der Waals surface area contributed by atoms with Crippen LogP contribution in [-0.4, -0.2) is 23.5 Å². The molecule has 2 aliphatic carbocycles. The summed E-state index contributed by atoms with van der Waals surface area (Å²) in [6.07, 6.45) is 7.09. The van der Waals surface area contributed by atoms with Gasteiger partial charge in [0.1, 0.15) is 5.75 Å². The van der Waals surface area contributed by atoms with Crippen molar-refractivity contribution < 1.29 is 9.53 Å². The molecule has 1 aromatic heterocycles. The summed E-state index contributed by atoms with van der Waals surface area (Å²) in [6.45, 7) is 0.0427. The Kier molecular flexibility index (Phi) is 4.20. The maximum Gasteiger partial charge on any atom is 0.258 e. The number of hydrogen-bond acceptors (Lipinski definition) is 3. The second-order valence-electron chi connectivity index (χ2n) is 6.77. The Labute approximate surface area is 142 Å². The molecule has 4 heteroatoms. The van der Waals surface area contributed by atoms with Crippen LogP contribution in [0.25, 0.3) is 0 Å². The molecular weight excluding hydrogens is 300 g/mol. The first-order chi connectivity index (χ1) is 11.8. The summed E-state index contributed by atoms with van der Waals surface area (Å²) < 4.78 is 5.52. The molecule has 2 fully saturated rings. The van der Waals surface area contributed by atoms with Gasteiger partial charge in [-0.2, -0.15) is 0 Å². The predicted molar refractivity (Wildman–Crippen MR) is 91.7 cm³/mol. The Morgan fingerprint density at radius 3 is 2.75 bits per heavy atom. The zero-order chi connectivity index (χ0) is 16.4. The number of amides is 1. The topological polar surface area (TPSA) is 51.2 Å². The lowest BCUT2D eigenvalue weighted by Crippen LogP contribution is -2.57. The second kappa shape index (κ2) is 6.63. The van der Waals surface area contributed by atoms with Crippen molar-refractivity contribution in [2.45, 2.75) is 31.2 Å². The average Bonchev–Trinajstić information content (AvgIpc) is 3.04. The highest BCUT2D eigenvalue weighted by molar-refractivity contribution is 5.78. The fourth-order valence-electron chi connectivity index (χ4n) is 4.43. The minimum absolute atomic E-state index is 0.0427. The summed E-state index contributed by atoms with van der Waals surface area (Å²) in [5.41, 5.74) is 1.35. The van der Waals surface area contributed by atoms with E-state index in [9.17, 15) is 4.79 Å². The van der Waals surface area contributed by atoms with Gasteiger partial charge in [0.05, 0.1) is 6.20 Å². The van der Waals surface area contributed by atoms with Crippen molar-refractivity contribution in [2.24, 2.45) is 11.8 Å². The van der Waals surface area contributed by atoms with Gasteiger partial charge in [-0.15, -0.1) is 0 Å². The third-order valence-electron chi connectivity index (χ3n) is 5.45. The van der Waals surface area contributed by atoms with Crippen molar-refractivity contribution in [3.63, 3.8) is 0 Å². The number of hydrogen-bond donors (Lipinski definition) is 1. The molecule has 0 aliphatic heterocycles. The number of ether oxygens (including phenoxy) is 1. The molecule has 0 unspecified atom stereocenters. The number of nitrogens with zero attached hydrogens (tertiary/aromatic N) is 1. The normalized spacial score (nSPS) is 27.8. The van der Waals surface area contributed by atoms with Gasteiger partial charge >= 0.3 is 0 Å². The maximum absolute atomic E-state index is 12.3. The quantitative estimate of drug-likeness (QED) is 0.920. The van der Waals surface area contributed by atoms with Gasteiger partial charge in [0, 0.05) is 18.2 Å². The molecule has 0 bridgehead atoms. The lowest BCUT2D eigenvalue weighted by Gasteiger charge is -2.49. The Morgan fingerprint density at radius 2 is 1.96 bits per heavy atom. The molecule has 0 saturated heterocycles. The van der Waals surface area contributed by atoms with E-state index in [4.69, 9.17) is 4.74 Å². The predicted octanol–water partition coefficient (Wildman–Crippen LogP) is 3.16. The molecule has 1 aromatic carbocycles. The van der Waals surface area contributed by atoms with Crippen molar-refractivity contribution in [2.75, 3.05) is 6.61 Å². The smallest absolute Gasteiger partial charge is 0.258 e. The molecule has 4 rings (SSSR count). The van der Waals surface area contributed by atoms with Crippen LogP contribution >= 0.6 is 0 Å². The molecule has 4 nitrogen and oxygen atoms in total. The molecule has 124 valence electrons. The van der Waals surface area contributed by atoms with Gasteiger partial charge in [0.2, 0.25) is 0 Å². The number of nitrogens with one attached hydrogen (secondary N) is 1. The summed E-state index contributed by atoms with van der Waals surface area (Å²) >= 11 is 0. The van der Waals surface area contributed by atoms with Crippen LogP contribution < -0.4 is 10.1 Å². The fraction of sp³-hybridized carbons (Fsp3) is 0.400. The summed E-state index contributed by atoms with van der Waals surface area (Å²) in [7, 11) is 0. The van der Waals surface area contributed by atoms with E-state index in [1.165, 1.54) is 24.8 Å². The SMILES string of the molecule is O=C(COc1cccnc1)N[C@@H]1[C@@H]2CCC[C@@H]2[C@@H]1c1ccccc1. The zero-order valence-electron chi connectivity index (χ0n) is 13.6. The third-order valence-corrected chi connectivity index (χ3v) is 5.45. The standard InChI is InChI=1S/C20H22N2O2/c23-18(13-24-15-8-5-11-21-12-15)22-20-17-10-4-9-16(17)19(20)14-6-2-1-3-7-14/h1-3,5-8,11-12,16-17,19-20H,4,9-10,13H2,(H,22,23)/t16-,17+,19-,20+/m0/s1. The van der Waals surface area contributed by atoms with Gasteiger partial charge in [-0.25, -0.2) is 0 Å². The number of aromatic nitrogens is 1. The number of fused-ring (bicyclic) bond motifs is 1. The van der Waals surface area contributed by atoms with Crippen molar-refractivity contribution in [3.8, 4) is 5.75 Å². The molecule has 1 amide bonds. The molecule has 2 saturated carbocycles. The number of carbonyl (C=O) groups excluding carboxylic acids is 1. The summed E-state index contributed by atoms with van der Waals surface area (Å²) in [4.78, 5) is 16.3. The highest BCUT2D eigenvalue weighted by Crippen LogP contribution is 2.55. The van der Waals surface area contributed by atoms with E-state index in [1.807, 2.05) is 12.1 Å². The van der Waals surface area contributed by atoms with E-state index in [0.29, 0.717) is 17.6 Å². The van der Waals surface area contributed by atoms with E-state index >= 15 is 0 Å². The molecule has 0 spiro atoms. The monoisotopic (exact) mass is 322 g/mol. The van der Waals surface area contributed by atoms with Gasteiger partial charge in [0.15, 0.2) is 6.61 Å². The van der Waals surface area contributed by atoms with Crippen LogP contribution in [0, 0.1) is 11.8 Å². The lowest BCUT2D eigenvalue weighted by atomic mass is 9.60. The Hall–Kier alpha value is -2.36. The number of pyridine rings is 1. The first-order valence-electron chi connectivity index (χ1n) is 8.70. The van der Waals surface area contributed by atoms with Crippen LogP contribution in [0.15, 0.2) is 54.9 Å². The van der Waals surface area contributed by atoms with Crippen molar-refractivity contribution in [1.29, 1.82) is 0 Å². The second-order valence-corrected chi connectivity index (χ2v) is 6.77. The largest absolute Gasteiger partial charge is 0.482 e. The molecule has 0 radical (unpaired) electrons. The van der Waals surface area contributed by atoms with E-state index in [0.717, 1.165) is 5.92 Å². The minimum atomic E-state index is -0.0462. The average molecular weight is 322 g/mol. The third kappa shape index (κ3) is 2.88. The van der Waals surface area contributed by atoms with Crippen LogP contribution in [0.3, 0.4) is 0 Å². The number of benzene rings is 1. The van der Waals surface area contributed by atoms with Gasteiger partial charge in [0.25, 0.3) is 5.91 Å². The van der Waals surface area contributed by atoms with E-state index in [1.54, 1.807) is 18.5 Å². The molecule has 2 aromatic rings. The zero-order valence-corrected chi connectivity index (χ0v) is 13.6. The maximum atomic E-state index is 12.3. The van der Waals surface area contributed by atoms with Crippen LogP contribution in [0.4, 0.5) is 0 Å². The first-order valence-corrected chi connectivity index (χ1v) is 8.70. The van der Waals surface area contributed by atoms with Crippen LogP contribution in [-0.2, 0) is 4.79 Å². The number of rotatable bonds is 5. The fourth-order valence-corrected chi connectivity index (χ4v) is 4.43. The lowest BCUT2D eigenvalue weighted by molar-refractivity contribution is -0.126. The highest BCUT2D eigenvalue weighted by atomic mass is 16.5. The van der Waals surface area contributed by atoms with Crippen molar-refractivity contribution in [3.05, 3.63) is 60.4 Å². The summed E-state index contributed by atoms with van der Waals surface area (Å²) in [5.74, 6) is 2.37. The van der Waals surface area contributed by atoms with Gasteiger partial charge < -0.3 is 10.1 Å². The molecule has 1 N–H and O–H groups in total.